The van der Waals surface area contributed by atoms with Crippen LogP contribution in [0.3, 0.4) is 0 Å². The second-order valence-electron chi connectivity index (χ2n) is 3.36. The molecule has 3 nitrogen and oxygen atoms in total. The van der Waals surface area contributed by atoms with Gasteiger partial charge in [-0.05, 0) is 23.8 Å². The molecule has 0 fully saturated rings. The Labute approximate surface area is 97.3 Å². The average molecular weight is 236 g/mol. The van der Waals surface area contributed by atoms with Crippen molar-refractivity contribution in [2.45, 2.75) is 13.0 Å². The van der Waals surface area contributed by atoms with Gasteiger partial charge in [-0.1, -0.05) is 18.2 Å². The summed E-state index contributed by atoms with van der Waals surface area (Å²) in [5.41, 5.74) is 0.745. The van der Waals surface area contributed by atoms with E-state index < -0.39 is 12.1 Å². The molecular formula is C12H12O3S. The molecule has 0 saturated carbocycles. The van der Waals surface area contributed by atoms with Crippen molar-refractivity contribution in [1.82, 2.24) is 0 Å². The molecule has 0 aliphatic heterocycles. The van der Waals surface area contributed by atoms with Crippen molar-refractivity contribution in [3.63, 3.8) is 0 Å². The van der Waals surface area contributed by atoms with Crippen molar-refractivity contribution in [3.8, 4) is 0 Å². The summed E-state index contributed by atoms with van der Waals surface area (Å²) in [7, 11) is 0. The molecule has 0 aliphatic carbocycles. The van der Waals surface area contributed by atoms with Crippen LogP contribution in [0, 0.1) is 0 Å². The fraction of sp³-hybridized carbons (Fsp3) is 0.250. The predicted molar refractivity (Wildman–Crippen MR) is 63.8 cm³/mol. The van der Waals surface area contributed by atoms with Gasteiger partial charge in [-0.25, -0.2) is 4.79 Å². The Morgan fingerprint density at radius 2 is 2.25 bits per heavy atom. The molecule has 1 aromatic carbocycles. The second-order valence-corrected chi connectivity index (χ2v) is 4.27. The highest BCUT2D eigenvalue weighted by Crippen LogP contribution is 2.31. The minimum absolute atomic E-state index is 0.390. The van der Waals surface area contributed by atoms with Crippen LogP contribution in [-0.4, -0.2) is 17.7 Å². The van der Waals surface area contributed by atoms with Crippen LogP contribution in [-0.2, 0) is 9.53 Å². The lowest BCUT2D eigenvalue weighted by molar-refractivity contribution is -0.150. The van der Waals surface area contributed by atoms with Crippen molar-refractivity contribution < 1.29 is 14.6 Å². The van der Waals surface area contributed by atoms with Crippen molar-refractivity contribution in [3.05, 3.63) is 35.2 Å². The second kappa shape index (κ2) is 4.63. The van der Waals surface area contributed by atoms with Crippen LogP contribution >= 0.6 is 11.3 Å². The number of hydrogen-bond acceptors (Lipinski definition) is 3. The van der Waals surface area contributed by atoms with E-state index >= 15 is 0 Å². The molecule has 1 N–H and O–H groups in total. The van der Waals surface area contributed by atoms with Gasteiger partial charge in [0, 0.05) is 16.9 Å². The van der Waals surface area contributed by atoms with Gasteiger partial charge in [-0.2, -0.15) is 0 Å². The van der Waals surface area contributed by atoms with Crippen LogP contribution in [0.15, 0.2) is 29.6 Å². The third-order valence-electron chi connectivity index (χ3n) is 2.35. The number of ether oxygens (including phenoxy) is 1. The molecule has 16 heavy (non-hydrogen) atoms. The minimum atomic E-state index is -0.939. The number of carboxylic acid groups (broad SMARTS) is 1. The molecule has 1 unspecified atom stereocenters. The fourth-order valence-corrected chi connectivity index (χ4v) is 2.64. The molecule has 0 amide bonds. The zero-order chi connectivity index (χ0) is 11.5. The Morgan fingerprint density at radius 1 is 1.50 bits per heavy atom. The van der Waals surface area contributed by atoms with E-state index in [-0.39, 0.29) is 0 Å². The zero-order valence-electron chi connectivity index (χ0n) is 8.84. The first-order chi connectivity index (χ1) is 7.74. The quantitative estimate of drug-likeness (QED) is 0.887. The Balaban J connectivity index is 2.48. The molecule has 0 saturated heterocycles. The summed E-state index contributed by atoms with van der Waals surface area (Å²) in [5.74, 6) is -0.939. The maximum atomic E-state index is 11.1. The Kier molecular flexibility index (Phi) is 3.22. The maximum Gasteiger partial charge on any atom is 0.337 e. The predicted octanol–water partition coefficient (Wildman–Crippen LogP) is 3.06. The first-order valence-corrected chi connectivity index (χ1v) is 5.92. The Bertz CT molecular complexity index is 504. The minimum Gasteiger partial charge on any atom is -0.479 e. The number of fused-ring (bicyclic) bond motifs is 1. The molecule has 2 rings (SSSR count). The fourth-order valence-electron chi connectivity index (χ4n) is 1.66. The van der Waals surface area contributed by atoms with Crippen molar-refractivity contribution in [1.29, 1.82) is 0 Å². The van der Waals surface area contributed by atoms with Crippen LogP contribution in [0.1, 0.15) is 18.6 Å². The monoisotopic (exact) mass is 236 g/mol. The van der Waals surface area contributed by atoms with Crippen LogP contribution in [0.25, 0.3) is 10.1 Å². The number of carboxylic acids is 1. The van der Waals surface area contributed by atoms with Crippen LogP contribution in [0.4, 0.5) is 0 Å². The molecule has 0 spiro atoms. The van der Waals surface area contributed by atoms with E-state index in [2.05, 4.69) is 0 Å². The normalized spacial score (nSPS) is 12.8. The maximum absolute atomic E-state index is 11.1. The van der Waals surface area contributed by atoms with Gasteiger partial charge in [0.1, 0.15) is 0 Å². The number of aliphatic carboxylic acids is 1. The smallest absolute Gasteiger partial charge is 0.337 e. The van der Waals surface area contributed by atoms with Gasteiger partial charge in [0.15, 0.2) is 6.10 Å². The van der Waals surface area contributed by atoms with E-state index in [9.17, 15) is 4.79 Å². The standard InChI is InChI=1S/C12H12O3S/c1-2-15-11(12(13)14)9-7-16-10-6-4-3-5-8(9)10/h3-7,11H,2H2,1H3,(H,13,14). The third-order valence-corrected chi connectivity index (χ3v) is 3.33. The lowest BCUT2D eigenvalue weighted by Crippen LogP contribution is -2.14. The molecule has 84 valence electrons. The van der Waals surface area contributed by atoms with Crippen molar-refractivity contribution in [2.75, 3.05) is 6.61 Å². The first-order valence-electron chi connectivity index (χ1n) is 5.04. The topological polar surface area (TPSA) is 46.5 Å². The summed E-state index contributed by atoms with van der Waals surface area (Å²) in [4.78, 5) is 11.1. The number of carbonyl (C=O) groups is 1. The highest BCUT2D eigenvalue weighted by atomic mass is 32.1. The molecule has 0 radical (unpaired) electrons. The zero-order valence-corrected chi connectivity index (χ0v) is 9.66. The third kappa shape index (κ3) is 1.94. The van der Waals surface area contributed by atoms with E-state index in [0.29, 0.717) is 6.61 Å². The Hall–Kier alpha value is -1.39. The summed E-state index contributed by atoms with van der Waals surface area (Å²) in [6.07, 6.45) is -0.860. The molecule has 0 bridgehead atoms. The van der Waals surface area contributed by atoms with Gasteiger partial charge < -0.3 is 9.84 Å². The number of thiophene rings is 1. The first kappa shape index (κ1) is 11.1. The lowest BCUT2D eigenvalue weighted by Gasteiger charge is -2.11. The summed E-state index contributed by atoms with van der Waals surface area (Å²) < 4.78 is 6.35. The summed E-state index contributed by atoms with van der Waals surface area (Å²) >= 11 is 1.54. The summed E-state index contributed by atoms with van der Waals surface area (Å²) in [6.45, 7) is 2.19. The molecule has 1 heterocycles. The molecule has 0 aliphatic rings. The van der Waals surface area contributed by atoms with E-state index in [4.69, 9.17) is 9.84 Å². The SMILES string of the molecule is CCOC(C(=O)O)c1csc2ccccc12. The van der Waals surface area contributed by atoms with Gasteiger partial charge in [0.25, 0.3) is 0 Å². The van der Waals surface area contributed by atoms with Crippen LogP contribution in [0.5, 0.6) is 0 Å². The molecule has 1 atom stereocenters. The van der Waals surface area contributed by atoms with Gasteiger partial charge >= 0.3 is 5.97 Å². The average Bonchev–Trinajstić information content (AvgIpc) is 2.69. The van der Waals surface area contributed by atoms with Gasteiger partial charge in [0.05, 0.1) is 0 Å². The highest BCUT2D eigenvalue weighted by Gasteiger charge is 2.22. The van der Waals surface area contributed by atoms with Gasteiger partial charge in [-0.3, -0.25) is 0 Å². The summed E-state index contributed by atoms with van der Waals surface area (Å²) in [6, 6.07) is 7.76. The van der Waals surface area contributed by atoms with Crippen LogP contribution in [0.2, 0.25) is 0 Å². The van der Waals surface area contributed by atoms with Crippen molar-refractivity contribution in [2.24, 2.45) is 0 Å². The summed E-state index contributed by atoms with van der Waals surface area (Å²) in [5, 5.41) is 11.9. The largest absolute Gasteiger partial charge is 0.479 e. The van der Waals surface area contributed by atoms with E-state index in [1.807, 2.05) is 29.6 Å². The molecule has 4 heteroatoms. The molecular weight excluding hydrogens is 224 g/mol. The number of benzene rings is 1. The number of hydrogen-bond donors (Lipinski definition) is 1. The van der Waals surface area contributed by atoms with Gasteiger partial charge in [-0.15, -0.1) is 11.3 Å². The molecule has 2 aromatic rings. The lowest BCUT2D eigenvalue weighted by atomic mass is 10.1. The van der Waals surface area contributed by atoms with E-state index in [1.54, 1.807) is 18.3 Å². The highest BCUT2D eigenvalue weighted by molar-refractivity contribution is 7.17. The molecule has 1 aromatic heterocycles. The van der Waals surface area contributed by atoms with E-state index in [0.717, 1.165) is 15.6 Å². The van der Waals surface area contributed by atoms with Crippen molar-refractivity contribution >= 4 is 27.4 Å². The number of rotatable bonds is 4. The van der Waals surface area contributed by atoms with Gasteiger partial charge in [0.2, 0.25) is 0 Å². The van der Waals surface area contributed by atoms with E-state index in [1.165, 1.54) is 0 Å². The Morgan fingerprint density at radius 3 is 2.94 bits per heavy atom. The van der Waals surface area contributed by atoms with Crippen LogP contribution < -0.4 is 0 Å².